The van der Waals surface area contributed by atoms with Crippen LogP contribution in [-0.4, -0.2) is 41.6 Å². The van der Waals surface area contributed by atoms with Gasteiger partial charge >= 0.3 is 0 Å². The summed E-state index contributed by atoms with van der Waals surface area (Å²) in [6.45, 7) is -0.623. The minimum absolute atomic E-state index is 0.0455. The highest BCUT2D eigenvalue weighted by Crippen LogP contribution is 2.22. The highest BCUT2D eigenvalue weighted by molar-refractivity contribution is 5.36. The van der Waals surface area contributed by atoms with E-state index in [0.717, 1.165) is 57.8 Å². The van der Waals surface area contributed by atoms with Gasteiger partial charge in [-0.25, -0.2) is 0 Å². The number of hydrogen-bond donors (Lipinski definition) is 4. The van der Waals surface area contributed by atoms with Crippen LogP contribution in [0.5, 0.6) is 5.75 Å². The summed E-state index contributed by atoms with van der Waals surface area (Å²) in [4.78, 5) is 0. The molecule has 0 heterocycles. The number of ether oxygens (including phenoxy) is 1. The van der Waals surface area contributed by atoms with E-state index in [9.17, 15) is 15.3 Å². The zero-order chi connectivity index (χ0) is 23.5. The predicted molar refractivity (Wildman–Crippen MR) is 116 cm³/mol. The highest BCUT2D eigenvalue weighted by Gasteiger charge is 2.09. The number of aromatic hydroxyl groups is 1. The van der Waals surface area contributed by atoms with Crippen LogP contribution in [0.1, 0.15) is 59.0 Å². The van der Waals surface area contributed by atoms with Gasteiger partial charge in [-0.3, -0.25) is 0 Å². The normalized spacial score (nSPS) is 15.3. The molecule has 0 amide bonds. The molecule has 5 nitrogen and oxygen atoms in total. The van der Waals surface area contributed by atoms with Crippen molar-refractivity contribution in [3.05, 3.63) is 65.2 Å². The van der Waals surface area contributed by atoms with Crippen molar-refractivity contribution in [3.8, 4) is 5.75 Å². The van der Waals surface area contributed by atoms with E-state index < -0.39 is 18.4 Å². The summed E-state index contributed by atoms with van der Waals surface area (Å²) >= 11 is 0. The van der Waals surface area contributed by atoms with E-state index in [2.05, 4.69) is 29.6 Å². The first-order valence-electron chi connectivity index (χ1n) is 11.8. The van der Waals surface area contributed by atoms with Crippen molar-refractivity contribution in [2.45, 2.75) is 51.2 Å². The molecular weight excluding hydrogens is 366 g/mol. The fraction of sp³-hybridized carbons (Fsp3) is 0.500. The Kier molecular flexibility index (Phi) is 9.29. The van der Waals surface area contributed by atoms with Crippen LogP contribution in [0, 0.1) is 0 Å². The van der Waals surface area contributed by atoms with Crippen molar-refractivity contribution in [2.75, 3.05) is 26.3 Å². The Morgan fingerprint density at radius 2 is 1.76 bits per heavy atom. The Morgan fingerprint density at radius 3 is 2.55 bits per heavy atom. The fourth-order valence-electron chi connectivity index (χ4n) is 3.05. The van der Waals surface area contributed by atoms with Crippen LogP contribution in [-0.2, 0) is 17.7 Å². The van der Waals surface area contributed by atoms with Crippen molar-refractivity contribution >= 4 is 0 Å². The minimum Gasteiger partial charge on any atom is -0.508 e. The average Bonchev–Trinajstić information content (AvgIpc) is 2.74. The zero-order valence-electron chi connectivity index (χ0n) is 19.9. The lowest BCUT2D eigenvalue weighted by Gasteiger charge is -2.14. The van der Waals surface area contributed by atoms with Gasteiger partial charge in [-0.15, -0.1) is 0 Å². The third-order valence-electron chi connectivity index (χ3n) is 4.73. The maximum atomic E-state index is 10.4. The van der Waals surface area contributed by atoms with Crippen LogP contribution in [0.2, 0.25) is 0 Å². The van der Waals surface area contributed by atoms with Crippen molar-refractivity contribution in [1.29, 1.82) is 0 Å². The molecule has 0 saturated carbocycles. The molecule has 0 aliphatic heterocycles. The third kappa shape index (κ3) is 9.41. The predicted octanol–water partition coefficient (Wildman–Crippen LogP) is 3.72. The second-order valence-electron chi connectivity index (χ2n) is 7.08. The van der Waals surface area contributed by atoms with Gasteiger partial charge in [-0.05, 0) is 55.5 Å². The van der Waals surface area contributed by atoms with Gasteiger partial charge < -0.3 is 25.4 Å². The summed E-state index contributed by atoms with van der Waals surface area (Å²) in [5.74, 6) is -0.426. The summed E-state index contributed by atoms with van der Waals surface area (Å²) in [6, 6.07) is 14.0. The van der Waals surface area contributed by atoms with Crippen LogP contribution < -0.4 is 5.32 Å². The summed E-state index contributed by atoms with van der Waals surface area (Å²) < 4.78 is 28.5. The molecule has 0 aliphatic rings. The Balaban J connectivity index is 1.53. The minimum atomic E-state index is -2.75. The SMILES string of the molecule is [2H]C([2H])(O)c1cc(C([2H])(O)CNCCCCCCOCCCc2ccccc2)ccc1O. The average molecular weight is 405 g/mol. The lowest BCUT2D eigenvalue weighted by Crippen LogP contribution is -2.22. The molecule has 0 fully saturated rings. The molecule has 160 valence electrons. The molecule has 0 aromatic heterocycles. The van der Waals surface area contributed by atoms with E-state index in [1.54, 1.807) is 0 Å². The molecule has 0 aliphatic carbocycles. The van der Waals surface area contributed by atoms with Crippen molar-refractivity contribution in [3.63, 3.8) is 0 Å². The first-order chi connectivity index (χ1) is 15.2. The second kappa shape index (κ2) is 14.1. The van der Waals surface area contributed by atoms with Crippen molar-refractivity contribution < 1.29 is 24.2 Å². The molecule has 0 radical (unpaired) electrons. The van der Waals surface area contributed by atoms with E-state index in [4.69, 9.17) is 8.85 Å². The molecule has 0 spiro atoms. The Morgan fingerprint density at radius 1 is 1.00 bits per heavy atom. The third-order valence-corrected chi connectivity index (χ3v) is 4.73. The van der Waals surface area contributed by atoms with Crippen LogP contribution in [0.3, 0.4) is 0 Å². The molecule has 0 bridgehead atoms. The molecule has 2 aromatic carbocycles. The zero-order valence-corrected chi connectivity index (χ0v) is 16.9. The van der Waals surface area contributed by atoms with E-state index >= 15 is 0 Å². The number of unbranched alkanes of at least 4 members (excludes halogenated alkanes) is 3. The van der Waals surface area contributed by atoms with Gasteiger partial charge in [0.25, 0.3) is 0 Å². The van der Waals surface area contributed by atoms with Crippen LogP contribution in [0.4, 0.5) is 0 Å². The first kappa shape index (κ1) is 19.1. The number of benzene rings is 2. The number of aliphatic hydroxyl groups is 2. The van der Waals surface area contributed by atoms with E-state index in [1.807, 2.05) is 6.07 Å². The number of nitrogens with one attached hydrogen (secondary N) is 1. The Labute approximate surface area is 178 Å². The first-order valence-corrected chi connectivity index (χ1v) is 10.3. The maximum Gasteiger partial charge on any atom is 0.121 e. The number of hydrogen-bond acceptors (Lipinski definition) is 5. The van der Waals surface area contributed by atoms with Gasteiger partial charge in [0.1, 0.15) is 5.75 Å². The molecule has 29 heavy (non-hydrogen) atoms. The van der Waals surface area contributed by atoms with Gasteiger partial charge in [0.15, 0.2) is 0 Å². The number of aryl methyl sites for hydroxylation is 1. The number of phenols is 1. The molecule has 1 unspecified atom stereocenters. The van der Waals surface area contributed by atoms with Gasteiger partial charge in [-0.2, -0.15) is 0 Å². The van der Waals surface area contributed by atoms with E-state index in [0.29, 0.717) is 6.54 Å². The van der Waals surface area contributed by atoms with Gasteiger partial charge in [0.2, 0.25) is 0 Å². The van der Waals surface area contributed by atoms with Crippen molar-refractivity contribution in [1.82, 2.24) is 5.32 Å². The van der Waals surface area contributed by atoms with Gasteiger partial charge in [-0.1, -0.05) is 49.2 Å². The summed E-state index contributed by atoms with van der Waals surface area (Å²) in [5.41, 5.74) is 1.06. The topological polar surface area (TPSA) is 82.0 Å². The van der Waals surface area contributed by atoms with E-state index in [-0.39, 0.29) is 17.7 Å². The molecule has 2 aromatic rings. The molecule has 2 rings (SSSR count). The summed E-state index contributed by atoms with van der Waals surface area (Å²) in [7, 11) is 0. The fourth-order valence-corrected chi connectivity index (χ4v) is 3.05. The maximum absolute atomic E-state index is 10.4. The lowest BCUT2D eigenvalue weighted by atomic mass is 10.1. The second-order valence-corrected chi connectivity index (χ2v) is 7.08. The monoisotopic (exact) mass is 404 g/mol. The Bertz CT molecular complexity index is 798. The van der Waals surface area contributed by atoms with Gasteiger partial charge in [0, 0.05) is 25.3 Å². The standard InChI is InChI=1S/C24H35NO4/c26-19-22-17-21(12-13-23(22)27)24(28)18-25-14-6-1-2-7-15-29-16-8-11-20-9-4-3-5-10-20/h3-5,9-10,12-13,17,24-28H,1-2,6-8,11,14-16,18-19H2/i19D2,24D. The quantitative estimate of drug-likeness (QED) is 0.340. The smallest absolute Gasteiger partial charge is 0.121 e. The van der Waals surface area contributed by atoms with Crippen LogP contribution >= 0.6 is 0 Å². The molecule has 1 atom stereocenters. The van der Waals surface area contributed by atoms with Crippen LogP contribution in [0.15, 0.2) is 48.5 Å². The van der Waals surface area contributed by atoms with E-state index in [1.165, 1.54) is 17.7 Å². The molecule has 4 N–H and O–H groups in total. The van der Waals surface area contributed by atoms with Crippen molar-refractivity contribution in [2.24, 2.45) is 0 Å². The molecule has 0 saturated heterocycles. The number of rotatable bonds is 15. The molecule has 5 heteroatoms. The summed E-state index contributed by atoms with van der Waals surface area (Å²) in [5, 5.41) is 32.6. The largest absolute Gasteiger partial charge is 0.508 e. The highest BCUT2D eigenvalue weighted by atomic mass is 16.5. The Hall–Kier alpha value is -1.92. The molecular formula is C24H35NO4. The summed E-state index contributed by atoms with van der Waals surface area (Å²) in [6.07, 6.45) is 4.05. The van der Waals surface area contributed by atoms with Crippen LogP contribution in [0.25, 0.3) is 0 Å². The lowest BCUT2D eigenvalue weighted by molar-refractivity contribution is 0.127. The van der Waals surface area contributed by atoms with Gasteiger partial charge in [0.05, 0.1) is 16.8 Å².